The minimum atomic E-state index is -1.09. The lowest BCUT2D eigenvalue weighted by Crippen LogP contribution is -2.49. The molecule has 2 unspecified atom stereocenters. The van der Waals surface area contributed by atoms with E-state index < -0.39 is 12.0 Å². The molecule has 0 bridgehead atoms. The zero-order valence-corrected chi connectivity index (χ0v) is 8.99. The molecule has 0 saturated heterocycles. The van der Waals surface area contributed by atoms with Gasteiger partial charge in [0.05, 0.1) is 6.61 Å². The fraction of sp³-hybridized carbons (Fsp3) is 0.778. The second kappa shape index (κ2) is 7.19. The predicted molar refractivity (Wildman–Crippen MR) is 54.4 cm³/mol. The average molecular weight is 218 g/mol. The van der Waals surface area contributed by atoms with E-state index in [9.17, 15) is 9.59 Å². The number of rotatable bonds is 7. The Hall–Kier alpha value is -1.14. The first-order chi connectivity index (χ1) is 7.01. The molecular formula is C9H18N2O4. The van der Waals surface area contributed by atoms with Crippen LogP contribution in [0.5, 0.6) is 0 Å². The van der Waals surface area contributed by atoms with Gasteiger partial charge in [0, 0.05) is 19.5 Å². The molecule has 1 amide bonds. The standard InChI is InChI=1S/C9H18N2O4/c1-3-7(5-12)10-4-8(9(14)15)11-6(2)13/h7-8,10,12H,3-5H2,1-2H3,(H,11,13)(H,14,15). The molecule has 0 rings (SSSR count). The van der Waals surface area contributed by atoms with Gasteiger partial charge in [-0.25, -0.2) is 4.79 Å². The molecule has 6 nitrogen and oxygen atoms in total. The van der Waals surface area contributed by atoms with Crippen molar-refractivity contribution in [2.75, 3.05) is 13.2 Å². The van der Waals surface area contributed by atoms with Crippen molar-refractivity contribution in [3.63, 3.8) is 0 Å². The number of nitrogens with one attached hydrogen (secondary N) is 2. The van der Waals surface area contributed by atoms with Gasteiger partial charge in [-0.15, -0.1) is 0 Å². The minimum Gasteiger partial charge on any atom is -0.480 e. The maximum absolute atomic E-state index is 10.7. The maximum atomic E-state index is 10.7. The van der Waals surface area contributed by atoms with E-state index in [1.165, 1.54) is 6.92 Å². The molecule has 0 heterocycles. The van der Waals surface area contributed by atoms with Crippen LogP contribution in [0.2, 0.25) is 0 Å². The van der Waals surface area contributed by atoms with E-state index in [1.807, 2.05) is 6.92 Å². The summed E-state index contributed by atoms with van der Waals surface area (Å²) in [4.78, 5) is 21.4. The van der Waals surface area contributed by atoms with Crippen LogP contribution in [0.4, 0.5) is 0 Å². The highest BCUT2D eigenvalue weighted by Crippen LogP contribution is 1.90. The van der Waals surface area contributed by atoms with E-state index in [0.29, 0.717) is 6.42 Å². The normalized spacial score (nSPS) is 14.3. The number of carbonyl (C=O) groups is 2. The Morgan fingerprint density at radius 1 is 1.40 bits per heavy atom. The molecule has 0 aromatic rings. The molecule has 0 aromatic heterocycles. The first-order valence-electron chi connectivity index (χ1n) is 4.85. The van der Waals surface area contributed by atoms with Gasteiger partial charge in [0.2, 0.25) is 5.91 Å². The number of aliphatic hydroxyl groups is 1. The van der Waals surface area contributed by atoms with Crippen molar-refractivity contribution in [1.29, 1.82) is 0 Å². The molecule has 0 aliphatic carbocycles. The van der Waals surface area contributed by atoms with Gasteiger partial charge < -0.3 is 20.8 Å². The second-order valence-corrected chi connectivity index (χ2v) is 3.29. The Morgan fingerprint density at radius 2 is 2.00 bits per heavy atom. The number of carbonyl (C=O) groups excluding carboxylic acids is 1. The summed E-state index contributed by atoms with van der Waals surface area (Å²) in [5.74, 6) is -1.48. The van der Waals surface area contributed by atoms with Crippen molar-refractivity contribution < 1.29 is 19.8 Å². The highest BCUT2D eigenvalue weighted by Gasteiger charge is 2.18. The van der Waals surface area contributed by atoms with Crippen LogP contribution in [0.15, 0.2) is 0 Å². The van der Waals surface area contributed by atoms with Crippen LogP contribution in [0.25, 0.3) is 0 Å². The van der Waals surface area contributed by atoms with Crippen LogP contribution in [-0.2, 0) is 9.59 Å². The zero-order chi connectivity index (χ0) is 11.8. The highest BCUT2D eigenvalue weighted by atomic mass is 16.4. The van der Waals surface area contributed by atoms with Gasteiger partial charge in [0.1, 0.15) is 6.04 Å². The molecule has 4 N–H and O–H groups in total. The van der Waals surface area contributed by atoms with Crippen LogP contribution < -0.4 is 10.6 Å². The Labute approximate surface area is 88.7 Å². The fourth-order valence-corrected chi connectivity index (χ4v) is 1.07. The summed E-state index contributed by atoms with van der Waals surface area (Å²) in [5, 5.41) is 22.8. The molecule has 0 aliphatic rings. The summed E-state index contributed by atoms with van der Waals surface area (Å²) >= 11 is 0. The number of amides is 1. The van der Waals surface area contributed by atoms with Crippen LogP contribution >= 0.6 is 0 Å². The molecule has 0 spiro atoms. The lowest BCUT2D eigenvalue weighted by molar-refractivity contribution is -0.141. The first kappa shape index (κ1) is 13.9. The van der Waals surface area contributed by atoms with E-state index in [1.54, 1.807) is 0 Å². The zero-order valence-electron chi connectivity index (χ0n) is 8.99. The van der Waals surface area contributed by atoms with E-state index in [-0.39, 0.29) is 25.1 Å². The Bertz CT molecular complexity index is 216. The lowest BCUT2D eigenvalue weighted by Gasteiger charge is -2.18. The molecule has 2 atom stereocenters. The number of hydrogen-bond donors (Lipinski definition) is 4. The van der Waals surface area contributed by atoms with Crippen LogP contribution in [0, 0.1) is 0 Å². The van der Waals surface area contributed by atoms with Gasteiger partial charge >= 0.3 is 5.97 Å². The SMILES string of the molecule is CCC(CO)NCC(NC(C)=O)C(=O)O. The predicted octanol–water partition coefficient (Wildman–Crippen LogP) is -1.06. The van der Waals surface area contributed by atoms with Gasteiger partial charge in [-0.05, 0) is 6.42 Å². The van der Waals surface area contributed by atoms with Crippen LogP contribution in [0.3, 0.4) is 0 Å². The van der Waals surface area contributed by atoms with Gasteiger partial charge in [-0.1, -0.05) is 6.92 Å². The third kappa shape index (κ3) is 6.03. The Kier molecular flexibility index (Phi) is 6.64. The molecule has 15 heavy (non-hydrogen) atoms. The summed E-state index contributed by atoms with van der Waals surface area (Å²) in [5.41, 5.74) is 0. The third-order valence-corrected chi connectivity index (χ3v) is 2.00. The molecular weight excluding hydrogens is 200 g/mol. The van der Waals surface area contributed by atoms with Crippen molar-refractivity contribution in [2.45, 2.75) is 32.4 Å². The Balaban J connectivity index is 4.06. The van der Waals surface area contributed by atoms with Gasteiger partial charge in [0.15, 0.2) is 0 Å². The van der Waals surface area contributed by atoms with Crippen molar-refractivity contribution in [3.05, 3.63) is 0 Å². The summed E-state index contributed by atoms with van der Waals surface area (Å²) in [6, 6.07) is -1.09. The fourth-order valence-electron chi connectivity index (χ4n) is 1.07. The minimum absolute atomic E-state index is 0.0527. The number of carboxylic acid groups (broad SMARTS) is 1. The van der Waals surface area contributed by atoms with Gasteiger partial charge in [-0.2, -0.15) is 0 Å². The average Bonchev–Trinajstić information content (AvgIpc) is 2.16. The van der Waals surface area contributed by atoms with Crippen molar-refractivity contribution in [1.82, 2.24) is 10.6 Å². The first-order valence-corrected chi connectivity index (χ1v) is 4.85. The van der Waals surface area contributed by atoms with E-state index >= 15 is 0 Å². The molecule has 6 heteroatoms. The number of aliphatic hydroxyl groups excluding tert-OH is 1. The van der Waals surface area contributed by atoms with Crippen molar-refractivity contribution in [2.24, 2.45) is 0 Å². The molecule has 0 fully saturated rings. The Morgan fingerprint density at radius 3 is 2.33 bits per heavy atom. The topological polar surface area (TPSA) is 98.7 Å². The number of hydrogen-bond acceptors (Lipinski definition) is 4. The molecule has 88 valence electrons. The summed E-state index contributed by atoms with van der Waals surface area (Å²) in [7, 11) is 0. The number of carboxylic acids is 1. The van der Waals surface area contributed by atoms with E-state index in [0.717, 1.165) is 0 Å². The number of aliphatic carboxylic acids is 1. The molecule has 0 aromatic carbocycles. The van der Waals surface area contributed by atoms with Crippen molar-refractivity contribution in [3.8, 4) is 0 Å². The smallest absolute Gasteiger partial charge is 0.327 e. The van der Waals surface area contributed by atoms with Crippen molar-refractivity contribution >= 4 is 11.9 Å². The highest BCUT2D eigenvalue weighted by molar-refractivity contribution is 5.82. The molecule has 0 aliphatic heterocycles. The lowest BCUT2D eigenvalue weighted by atomic mass is 10.2. The summed E-state index contributed by atoms with van der Waals surface area (Å²) < 4.78 is 0. The monoisotopic (exact) mass is 218 g/mol. The maximum Gasteiger partial charge on any atom is 0.327 e. The quantitative estimate of drug-likeness (QED) is 0.436. The molecule has 0 saturated carbocycles. The largest absolute Gasteiger partial charge is 0.480 e. The molecule has 0 radical (unpaired) electrons. The second-order valence-electron chi connectivity index (χ2n) is 3.29. The van der Waals surface area contributed by atoms with Gasteiger partial charge in [0.25, 0.3) is 0 Å². The van der Waals surface area contributed by atoms with E-state index in [4.69, 9.17) is 10.2 Å². The third-order valence-electron chi connectivity index (χ3n) is 2.00. The van der Waals surface area contributed by atoms with E-state index in [2.05, 4.69) is 10.6 Å². The summed E-state index contributed by atoms with van der Waals surface area (Å²) in [6.07, 6.45) is 0.697. The van der Waals surface area contributed by atoms with Crippen LogP contribution in [0.1, 0.15) is 20.3 Å². The van der Waals surface area contributed by atoms with Crippen LogP contribution in [-0.4, -0.2) is 47.3 Å². The van der Waals surface area contributed by atoms with Gasteiger partial charge in [-0.3, -0.25) is 4.79 Å². The summed E-state index contributed by atoms with van der Waals surface area (Å²) in [6.45, 7) is 3.19.